The molecule has 1 aromatic rings. The molecule has 4 heteroatoms. The van der Waals surface area contributed by atoms with Crippen molar-refractivity contribution >= 4 is 21.8 Å². The number of nitrogens with one attached hydrogen (secondary N) is 1. The number of ether oxygens (including phenoxy) is 1. The van der Waals surface area contributed by atoms with Gasteiger partial charge in [-0.1, -0.05) is 40.2 Å². The van der Waals surface area contributed by atoms with E-state index in [0.29, 0.717) is 13.2 Å². The van der Waals surface area contributed by atoms with Crippen molar-refractivity contribution in [1.29, 1.82) is 0 Å². The highest BCUT2D eigenvalue weighted by Gasteiger charge is 2.23. The van der Waals surface area contributed by atoms with Crippen molar-refractivity contribution in [3.05, 3.63) is 35.4 Å². The first kappa shape index (κ1) is 14.2. The van der Waals surface area contributed by atoms with Crippen LogP contribution in [0.3, 0.4) is 0 Å². The Bertz CT molecular complexity index is 385. The molecule has 0 heterocycles. The molecule has 0 aromatic heterocycles. The van der Waals surface area contributed by atoms with Gasteiger partial charge in [-0.25, -0.2) is 0 Å². The van der Waals surface area contributed by atoms with Crippen LogP contribution in [0.15, 0.2) is 24.3 Å². The zero-order valence-electron chi connectivity index (χ0n) is 10.4. The largest absolute Gasteiger partial charge is 0.380 e. The van der Waals surface area contributed by atoms with Crippen molar-refractivity contribution in [2.24, 2.45) is 0 Å². The lowest BCUT2D eigenvalue weighted by Gasteiger charge is -2.17. The highest BCUT2D eigenvalue weighted by molar-refractivity contribution is 9.10. The van der Waals surface area contributed by atoms with E-state index in [9.17, 15) is 4.79 Å². The minimum absolute atomic E-state index is 0.0234. The van der Waals surface area contributed by atoms with Crippen LogP contribution in [-0.2, 0) is 22.7 Å². The fraction of sp³-hybridized carbons (Fsp3) is 0.462. The van der Waals surface area contributed by atoms with Crippen molar-refractivity contribution in [3.63, 3.8) is 0 Å². The van der Waals surface area contributed by atoms with Gasteiger partial charge in [-0.05, 0) is 25.0 Å². The third-order valence-corrected chi connectivity index (χ3v) is 2.76. The molecule has 0 saturated carbocycles. The van der Waals surface area contributed by atoms with Gasteiger partial charge in [-0.15, -0.1) is 0 Å². The van der Waals surface area contributed by atoms with E-state index in [1.165, 1.54) is 0 Å². The first-order valence-corrected chi connectivity index (χ1v) is 6.27. The highest BCUT2D eigenvalue weighted by Crippen LogP contribution is 2.16. The molecule has 0 atom stereocenters. The molecule has 0 saturated heterocycles. The van der Waals surface area contributed by atoms with Gasteiger partial charge >= 0.3 is 0 Å². The molecule has 1 rings (SSSR count). The number of carbonyl (C=O) groups is 1. The minimum atomic E-state index is -0.538. The van der Waals surface area contributed by atoms with Crippen LogP contribution in [0, 0.1) is 0 Å². The van der Waals surface area contributed by atoms with Crippen LogP contribution >= 0.6 is 15.9 Å². The van der Waals surface area contributed by atoms with E-state index in [0.717, 1.165) is 11.1 Å². The second-order valence-corrected chi connectivity index (χ2v) is 6.34. The maximum Gasteiger partial charge on any atom is 0.236 e. The van der Waals surface area contributed by atoms with Crippen molar-refractivity contribution in [2.75, 3.05) is 7.11 Å². The SMILES string of the molecule is COCc1ccccc1CNC(=O)C(C)(C)Br. The molecule has 0 unspecified atom stereocenters. The number of alkyl halides is 1. The van der Waals surface area contributed by atoms with E-state index in [1.54, 1.807) is 7.11 Å². The molecule has 0 aliphatic rings. The predicted molar refractivity (Wildman–Crippen MR) is 72.0 cm³/mol. The van der Waals surface area contributed by atoms with Gasteiger partial charge in [-0.3, -0.25) is 4.79 Å². The van der Waals surface area contributed by atoms with Crippen molar-refractivity contribution < 1.29 is 9.53 Å². The van der Waals surface area contributed by atoms with E-state index in [2.05, 4.69) is 21.2 Å². The number of hydrogen-bond donors (Lipinski definition) is 1. The Morgan fingerprint density at radius 2 is 1.94 bits per heavy atom. The highest BCUT2D eigenvalue weighted by atomic mass is 79.9. The summed E-state index contributed by atoms with van der Waals surface area (Å²) >= 11 is 3.33. The average Bonchev–Trinajstić information content (AvgIpc) is 2.26. The van der Waals surface area contributed by atoms with Crippen LogP contribution in [0.4, 0.5) is 0 Å². The zero-order valence-corrected chi connectivity index (χ0v) is 12.0. The summed E-state index contributed by atoms with van der Waals surface area (Å²) in [6.07, 6.45) is 0. The molecule has 1 aromatic carbocycles. The normalized spacial score (nSPS) is 11.3. The third-order valence-electron chi connectivity index (χ3n) is 2.40. The van der Waals surface area contributed by atoms with Crippen LogP contribution < -0.4 is 5.32 Å². The summed E-state index contributed by atoms with van der Waals surface area (Å²) in [5.41, 5.74) is 2.18. The van der Waals surface area contributed by atoms with Crippen LogP contribution in [-0.4, -0.2) is 17.3 Å². The lowest BCUT2D eigenvalue weighted by molar-refractivity contribution is -0.122. The van der Waals surface area contributed by atoms with Crippen molar-refractivity contribution in [3.8, 4) is 0 Å². The molecule has 0 bridgehead atoms. The summed E-state index contributed by atoms with van der Waals surface area (Å²) in [6, 6.07) is 7.92. The molecule has 3 nitrogen and oxygen atoms in total. The summed E-state index contributed by atoms with van der Waals surface area (Å²) < 4.78 is 4.58. The minimum Gasteiger partial charge on any atom is -0.380 e. The van der Waals surface area contributed by atoms with Gasteiger partial charge in [0, 0.05) is 13.7 Å². The second kappa shape index (κ2) is 6.17. The van der Waals surface area contributed by atoms with E-state index in [4.69, 9.17) is 4.74 Å². The van der Waals surface area contributed by atoms with Crippen molar-refractivity contribution in [1.82, 2.24) is 5.32 Å². The quantitative estimate of drug-likeness (QED) is 0.849. The molecule has 0 aliphatic carbocycles. The maximum atomic E-state index is 11.7. The molecular weight excluding hydrogens is 282 g/mol. The van der Waals surface area contributed by atoms with Gasteiger partial charge < -0.3 is 10.1 Å². The monoisotopic (exact) mass is 299 g/mol. The number of halogens is 1. The fourth-order valence-electron chi connectivity index (χ4n) is 1.41. The van der Waals surface area contributed by atoms with Gasteiger partial charge in [0.1, 0.15) is 0 Å². The smallest absolute Gasteiger partial charge is 0.236 e. The molecule has 0 fully saturated rings. The number of hydrogen-bond acceptors (Lipinski definition) is 2. The Balaban J connectivity index is 2.66. The Hall–Kier alpha value is -0.870. The topological polar surface area (TPSA) is 38.3 Å². The summed E-state index contributed by atoms with van der Waals surface area (Å²) in [5.74, 6) is -0.0234. The van der Waals surface area contributed by atoms with Crippen LogP contribution in [0.5, 0.6) is 0 Å². The van der Waals surface area contributed by atoms with Gasteiger partial charge in [0.25, 0.3) is 0 Å². The van der Waals surface area contributed by atoms with Gasteiger partial charge in [0.2, 0.25) is 5.91 Å². The first-order chi connectivity index (χ1) is 7.95. The van der Waals surface area contributed by atoms with E-state index >= 15 is 0 Å². The molecule has 94 valence electrons. The van der Waals surface area contributed by atoms with Gasteiger partial charge in [-0.2, -0.15) is 0 Å². The standard InChI is InChI=1S/C13H18BrNO2/c1-13(2,14)12(16)15-8-10-6-4-5-7-11(10)9-17-3/h4-7H,8-9H2,1-3H3,(H,15,16). The van der Waals surface area contributed by atoms with Gasteiger partial charge in [0.15, 0.2) is 0 Å². The molecule has 17 heavy (non-hydrogen) atoms. The molecular formula is C13H18BrNO2. The lowest BCUT2D eigenvalue weighted by atomic mass is 10.1. The van der Waals surface area contributed by atoms with E-state index in [-0.39, 0.29) is 5.91 Å². The van der Waals surface area contributed by atoms with Crippen LogP contribution in [0.25, 0.3) is 0 Å². The number of carbonyl (C=O) groups excluding carboxylic acids is 1. The summed E-state index contributed by atoms with van der Waals surface area (Å²) in [7, 11) is 1.66. The number of benzene rings is 1. The molecule has 0 radical (unpaired) electrons. The maximum absolute atomic E-state index is 11.7. The van der Waals surface area contributed by atoms with E-state index < -0.39 is 4.32 Å². The number of methoxy groups -OCH3 is 1. The Morgan fingerprint density at radius 1 is 1.35 bits per heavy atom. The number of rotatable bonds is 5. The van der Waals surface area contributed by atoms with Crippen LogP contribution in [0.2, 0.25) is 0 Å². The molecule has 1 N–H and O–H groups in total. The Morgan fingerprint density at radius 3 is 2.47 bits per heavy atom. The number of amides is 1. The van der Waals surface area contributed by atoms with Crippen molar-refractivity contribution in [2.45, 2.75) is 31.3 Å². The van der Waals surface area contributed by atoms with Gasteiger partial charge in [0.05, 0.1) is 10.9 Å². The molecule has 0 spiro atoms. The fourth-order valence-corrected chi connectivity index (χ4v) is 1.55. The Labute approximate surface area is 111 Å². The predicted octanol–water partition coefficient (Wildman–Crippen LogP) is 2.62. The average molecular weight is 300 g/mol. The summed E-state index contributed by atoms with van der Waals surface area (Å²) in [4.78, 5) is 11.7. The third kappa shape index (κ3) is 4.48. The summed E-state index contributed by atoms with van der Waals surface area (Å²) in [5, 5.41) is 2.90. The second-order valence-electron chi connectivity index (χ2n) is 4.36. The zero-order chi connectivity index (χ0) is 12.9. The Kier molecular flexibility index (Phi) is 5.15. The lowest BCUT2D eigenvalue weighted by Crippen LogP contribution is -2.37. The van der Waals surface area contributed by atoms with Crippen LogP contribution in [0.1, 0.15) is 25.0 Å². The summed E-state index contributed by atoms with van der Waals surface area (Å²) in [6.45, 7) is 4.73. The molecule has 0 aliphatic heterocycles. The molecule has 1 amide bonds. The first-order valence-electron chi connectivity index (χ1n) is 5.48. The van der Waals surface area contributed by atoms with E-state index in [1.807, 2.05) is 38.1 Å².